The Kier molecular flexibility index (Phi) is 2.69. The van der Waals surface area contributed by atoms with Crippen molar-refractivity contribution in [2.75, 3.05) is 7.05 Å². The van der Waals surface area contributed by atoms with Crippen LogP contribution in [0, 0.1) is 0 Å². The van der Waals surface area contributed by atoms with Gasteiger partial charge in [-0.15, -0.1) is 11.3 Å². The molecule has 1 unspecified atom stereocenters. The molecule has 0 spiro atoms. The molecule has 0 amide bonds. The van der Waals surface area contributed by atoms with Crippen LogP contribution in [0.1, 0.15) is 17.3 Å². The number of likely N-dealkylation sites (N-methyl/N-ethyl adjacent to an activating group) is 1. The van der Waals surface area contributed by atoms with Crippen molar-refractivity contribution in [1.29, 1.82) is 0 Å². The first kappa shape index (κ1) is 10.5. The summed E-state index contributed by atoms with van der Waals surface area (Å²) in [6.07, 6.45) is 7.49. The lowest BCUT2D eigenvalue weighted by atomic mass is 9.97. The topological polar surface area (TPSA) is 24.9 Å². The minimum atomic E-state index is 0.391. The summed E-state index contributed by atoms with van der Waals surface area (Å²) in [6.45, 7) is 0. The maximum Gasteiger partial charge on any atom is 0.103 e. The molecule has 0 fully saturated rings. The Morgan fingerprint density at radius 1 is 1.35 bits per heavy atom. The van der Waals surface area contributed by atoms with Gasteiger partial charge in [0.25, 0.3) is 0 Å². The molecular formula is C14H14N2S. The first-order chi connectivity index (χ1) is 8.38. The van der Waals surface area contributed by atoms with Gasteiger partial charge in [0.15, 0.2) is 0 Å². The SMILES string of the molecule is CNC1=CC=CCC1c1nc2ccccc2s1. The van der Waals surface area contributed by atoms with Crippen LogP contribution < -0.4 is 5.32 Å². The molecular weight excluding hydrogens is 228 g/mol. The van der Waals surface area contributed by atoms with Crippen LogP contribution in [0.3, 0.4) is 0 Å². The van der Waals surface area contributed by atoms with Crippen LogP contribution in [0.15, 0.2) is 48.2 Å². The molecule has 1 heterocycles. The van der Waals surface area contributed by atoms with Crippen LogP contribution in [0.4, 0.5) is 0 Å². The zero-order valence-electron chi connectivity index (χ0n) is 9.68. The summed E-state index contributed by atoms with van der Waals surface area (Å²) in [5.74, 6) is 0.391. The van der Waals surface area contributed by atoms with E-state index in [1.54, 1.807) is 11.3 Å². The van der Waals surface area contributed by atoms with Crippen LogP contribution in [0.2, 0.25) is 0 Å². The molecule has 1 aliphatic carbocycles. The molecule has 0 radical (unpaired) electrons. The average molecular weight is 242 g/mol. The number of nitrogens with one attached hydrogen (secondary N) is 1. The molecule has 1 aliphatic rings. The van der Waals surface area contributed by atoms with Crippen LogP contribution >= 0.6 is 11.3 Å². The lowest BCUT2D eigenvalue weighted by Crippen LogP contribution is -2.15. The van der Waals surface area contributed by atoms with Crippen molar-refractivity contribution in [3.05, 3.63) is 53.2 Å². The molecule has 1 aromatic heterocycles. The number of fused-ring (bicyclic) bond motifs is 1. The van der Waals surface area contributed by atoms with E-state index in [0.717, 1.165) is 11.9 Å². The number of benzene rings is 1. The molecule has 1 atom stereocenters. The summed E-state index contributed by atoms with van der Waals surface area (Å²) in [7, 11) is 1.98. The van der Waals surface area contributed by atoms with Gasteiger partial charge in [-0.1, -0.05) is 24.3 Å². The van der Waals surface area contributed by atoms with Crippen LogP contribution in [0.5, 0.6) is 0 Å². The number of rotatable bonds is 2. The van der Waals surface area contributed by atoms with E-state index in [1.807, 2.05) is 13.1 Å². The number of thiazole rings is 1. The van der Waals surface area contributed by atoms with E-state index in [1.165, 1.54) is 15.4 Å². The Hall–Kier alpha value is -1.61. The van der Waals surface area contributed by atoms with Crippen molar-refractivity contribution in [2.24, 2.45) is 0 Å². The highest BCUT2D eigenvalue weighted by atomic mass is 32.1. The number of hydrogen-bond donors (Lipinski definition) is 1. The third-order valence-electron chi connectivity index (χ3n) is 3.06. The highest BCUT2D eigenvalue weighted by Gasteiger charge is 2.20. The molecule has 86 valence electrons. The zero-order valence-corrected chi connectivity index (χ0v) is 10.5. The quantitative estimate of drug-likeness (QED) is 0.872. The van der Waals surface area contributed by atoms with E-state index in [9.17, 15) is 0 Å². The highest BCUT2D eigenvalue weighted by molar-refractivity contribution is 7.18. The van der Waals surface area contributed by atoms with E-state index in [4.69, 9.17) is 4.98 Å². The fraction of sp³-hybridized carbons (Fsp3) is 0.214. The van der Waals surface area contributed by atoms with Gasteiger partial charge in [0.2, 0.25) is 0 Å². The molecule has 0 saturated heterocycles. The van der Waals surface area contributed by atoms with Gasteiger partial charge in [0.1, 0.15) is 5.01 Å². The normalized spacial score (nSPS) is 19.4. The van der Waals surface area contributed by atoms with Crippen LogP contribution in [-0.4, -0.2) is 12.0 Å². The average Bonchev–Trinajstić information content (AvgIpc) is 2.82. The Morgan fingerprint density at radius 3 is 3.06 bits per heavy atom. The van der Waals surface area contributed by atoms with Crippen molar-refractivity contribution < 1.29 is 0 Å². The molecule has 2 nitrogen and oxygen atoms in total. The first-order valence-electron chi connectivity index (χ1n) is 5.78. The maximum absolute atomic E-state index is 4.74. The standard InChI is InChI=1S/C14H14N2S/c1-15-11-7-3-2-6-10(11)14-16-12-8-4-5-9-13(12)17-14/h2-5,7-10,15H,6H2,1H3. The van der Waals surface area contributed by atoms with Crippen molar-refractivity contribution >= 4 is 21.6 Å². The fourth-order valence-corrected chi connectivity index (χ4v) is 3.26. The maximum atomic E-state index is 4.74. The lowest BCUT2D eigenvalue weighted by molar-refractivity contribution is 0.724. The van der Waals surface area contributed by atoms with Crippen molar-refractivity contribution in [3.63, 3.8) is 0 Å². The third-order valence-corrected chi connectivity index (χ3v) is 4.21. The van der Waals surface area contributed by atoms with E-state index < -0.39 is 0 Å². The molecule has 1 N–H and O–H groups in total. The Bertz CT molecular complexity index is 562. The third kappa shape index (κ3) is 1.87. The van der Waals surface area contributed by atoms with E-state index >= 15 is 0 Å². The number of para-hydroxylation sites is 1. The Balaban J connectivity index is 2.03. The minimum Gasteiger partial charge on any atom is -0.391 e. The van der Waals surface area contributed by atoms with Gasteiger partial charge < -0.3 is 5.32 Å². The number of aromatic nitrogens is 1. The number of allylic oxidation sites excluding steroid dienone is 4. The van der Waals surface area contributed by atoms with E-state index in [0.29, 0.717) is 5.92 Å². The van der Waals surface area contributed by atoms with Gasteiger partial charge in [0, 0.05) is 12.7 Å². The van der Waals surface area contributed by atoms with Gasteiger partial charge in [-0.3, -0.25) is 0 Å². The second kappa shape index (κ2) is 4.34. The molecule has 1 aromatic carbocycles. The van der Waals surface area contributed by atoms with Gasteiger partial charge in [-0.2, -0.15) is 0 Å². The summed E-state index contributed by atoms with van der Waals surface area (Å²) in [4.78, 5) is 4.74. The van der Waals surface area contributed by atoms with E-state index in [-0.39, 0.29) is 0 Å². The van der Waals surface area contributed by atoms with Gasteiger partial charge in [-0.25, -0.2) is 4.98 Å². The van der Waals surface area contributed by atoms with E-state index in [2.05, 4.69) is 41.7 Å². The molecule has 2 aromatic rings. The lowest BCUT2D eigenvalue weighted by Gasteiger charge is -2.18. The summed E-state index contributed by atoms with van der Waals surface area (Å²) in [6, 6.07) is 8.33. The van der Waals surface area contributed by atoms with Crippen molar-refractivity contribution in [2.45, 2.75) is 12.3 Å². The summed E-state index contributed by atoms with van der Waals surface area (Å²) >= 11 is 1.80. The summed E-state index contributed by atoms with van der Waals surface area (Å²) in [5.41, 5.74) is 2.36. The summed E-state index contributed by atoms with van der Waals surface area (Å²) in [5, 5.41) is 4.48. The van der Waals surface area contributed by atoms with Crippen LogP contribution in [0.25, 0.3) is 10.2 Å². The fourth-order valence-electron chi connectivity index (χ4n) is 2.16. The van der Waals surface area contributed by atoms with Gasteiger partial charge >= 0.3 is 0 Å². The summed E-state index contributed by atoms with van der Waals surface area (Å²) < 4.78 is 1.27. The second-order valence-electron chi connectivity index (χ2n) is 4.11. The monoisotopic (exact) mass is 242 g/mol. The zero-order chi connectivity index (χ0) is 11.7. The largest absolute Gasteiger partial charge is 0.391 e. The minimum absolute atomic E-state index is 0.391. The molecule has 3 rings (SSSR count). The Morgan fingerprint density at radius 2 is 2.24 bits per heavy atom. The Labute approximate surface area is 105 Å². The first-order valence-corrected chi connectivity index (χ1v) is 6.60. The van der Waals surface area contributed by atoms with Gasteiger partial charge in [0.05, 0.1) is 16.1 Å². The molecule has 17 heavy (non-hydrogen) atoms. The van der Waals surface area contributed by atoms with Crippen molar-refractivity contribution in [1.82, 2.24) is 10.3 Å². The second-order valence-corrected chi connectivity index (χ2v) is 5.17. The smallest absolute Gasteiger partial charge is 0.103 e. The predicted molar refractivity (Wildman–Crippen MR) is 73.3 cm³/mol. The molecule has 3 heteroatoms. The van der Waals surface area contributed by atoms with Gasteiger partial charge in [-0.05, 0) is 24.6 Å². The molecule has 0 saturated carbocycles. The van der Waals surface area contributed by atoms with Crippen LogP contribution in [-0.2, 0) is 0 Å². The number of hydrogen-bond acceptors (Lipinski definition) is 3. The van der Waals surface area contributed by atoms with Crippen molar-refractivity contribution in [3.8, 4) is 0 Å². The molecule has 0 aliphatic heterocycles. The predicted octanol–water partition coefficient (Wildman–Crippen LogP) is 3.44. The highest BCUT2D eigenvalue weighted by Crippen LogP contribution is 2.34. The number of nitrogens with zero attached hydrogens (tertiary/aromatic N) is 1. The molecule has 0 bridgehead atoms.